The molecule has 0 aromatic carbocycles. The van der Waals surface area contributed by atoms with Crippen molar-refractivity contribution in [3.05, 3.63) is 29.6 Å². The summed E-state index contributed by atoms with van der Waals surface area (Å²) >= 11 is 0. The van der Waals surface area contributed by atoms with Crippen molar-refractivity contribution in [2.45, 2.75) is 64.8 Å². The lowest BCUT2D eigenvalue weighted by molar-refractivity contribution is -0.128. The third-order valence-electron chi connectivity index (χ3n) is 4.84. The monoisotopic (exact) mass is 331 g/mol. The Morgan fingerprint density at radius 2 is 2.08 bits per heavy atom. The van der Waals surface area contributed by atoms with Crippen LogP contribution in [0.25, 0.3) is 0 Å². The number of amides is 2. The molecule has 1 aliphatic rings. The van der Waals surface area contributed by atoms with Crippen LogP contribution in [0.4, 0.5) is 0 Å². The predicted octanol–water partition coefficient (Wildman–Crippen LogP) is 2.48. The molecule has 1 aromatic rings. The molecule has 1 saturated carbocycles. The van der Waals surface area contributed by atoms with Gasteiger partial charge in [-0.1, -0.05) is 39.2 Å². The van der Waals surface area contributed by atoms with Crippen LogP contribution in [0, 0.1) is 12.8 Å². The van der Waals surface area contributed by atoms with E-state index in [0.29, 0.717) is 12.5 Å². The molecule has 2 rings (SSSR count). The highest BCUT2D eigenvalue weighted by molar-refractivity contribution is 5.86. The quantitative estimate of drug-likeness (QED) is 0.806. The molecule has 1 aromatic heterocycles. The predicted molar refractivity (Wildman–Crippen MR) is 94.6 cm³/mol. The van der Waals surface area contributed by atoms with E-state index in [9.17, 15) is 9.59 Å². The average Bonchev–Trinajstić information content (AvgIpc) is 2.47. The first-order valence-corrected chi connectivity index (χ1v) is 8.76. The maximum atomic E-state index is 12.6. The van der Waals surface area contributed by atoms with Crippen LogP contribution in [0.5, 0.6) is 0 Å². The van der Waals surface area contributed by atoms with E-state index in [1.165, 1.54) is 13.3 Å². The Morgan fingerprint density at radius 1 is 1.38 bits per heavy atom. The van der Waals surface area contributed by atoms with Crippen LogP contribution in [-0.2, 0) is 15.0 Å². The topological polar surface area (TPSA) is 71.1 Å². The smallest absolute Gasteiger partial charge is 0.242 e. The number of carbonyl (C=O) groups excluding carboxylic acids is 2. The third kappa shape index (κ3) is 4.79. The molecule has 5 heteroatoms. The van der Waals surface area contributed by atoms with E-state index in [1.807, 2.05) is 19.1 Å². The van der Waals surface area contributed by atoms with Crippen molar-refractivity contribution in [1.29, 1.82) is 0 Å². The molecule has 0 bridgehead atoms. The van der Waals surface area contributed by atoms with Gasteiger partial charge >= 0.3 is 0 Å². The Balaban J connectivity index is 1.98. The van der Waals surface area contributed by atoms with Crippen LogP contribution in [-0.4, -0.2) is 29.4 Å². The molecule has 0 spiro atoms. The molecule has 0 radical (unpaired) electrons. The SMILES string of the molecule is CC(=O)N[C@H](CC1CCC1)C(=O)NCC(C)(C)c1ncccc1C. The van der Waals surface area contributed by atoms with Crippen LogP contribution < -0.4 is 10.6 Å². The van der Waals surface area contributed by atoms with Gasteiger partial charge in [0.2, 0.25) is 11.8 Å². The summed E-state index contributed by atoms with van der Waals surface area (Å²) < 4.78 is 0. The summed E-state index contributed by atoms with van der Waals surface area (Å²) in [5, 5.41) is 5.81. The fraction of sp³-hybridized carbons (Fsp3) is 0.632. The number of hydrogen-bond donors (Lipinski definition) is 2. The summed E-state index contributed by atoms with van der Waals surface area (Å²) in [5.41, 5.74) is 1.84. The third-order valence-corrected chi connectivity index (χ3v) is 4.84. The Morgan fingerprint density at radius 3 is 2.62 bits per heavy atom. The Kier molecular flexibility index (Phi) is 5.97. The van der Waals surface area contributed by atoms with Gasteiger partial charge in [0.05, 0.1) is 5.69 Å². The number of carbonyl (C=O) groups is 2. The molecule has 1 atom stereocenters. The Bertz CT molecular complexity index is 594. The maximum absolute atomic E-state index is 12.6. The van der Waals surface area contributed by atoms with Crippen LogP contribution >= 0.6 is 0 Å². The minimum Gasteiger partial charge on any atom is -0.353 e. The molecule has 24 heavy (non-hydrogen) atoms. The van der Waals surface area contributed by atoms with Gasteiger partial charge < -0.3 is 10.6 Å². The van der Waals surface area contributed by atoms with Gasteiger partial charge in [-0.15, -0.1) is 0 Å². The zero-order chi connectivity index (χ0) is 17.7. The number of aromatic nitrogens is 1. The molecule has 0 saturated heterocycles. The second-order valence-electron chi connectivity index (χ2n) is 7.56. The second kappa shape index (κ2) is 7.77. The number of pyridine rings is 1. The minimum atomic E-state index is -0.437. The average molecular weight is 331 g/mol. The van der Waals surface area contributed by atoms with Crippen molar-refractivity contribution < 1.29 is 9.59 Å². The van der Waals surface area contributed by atoms with Gasteiger partial charge in [-0.25, -0.2) is 0 Å². The first-order chi connectivity index (χ1) is 11.3. The lowest BCUT2D eigenvalue weighted by atomic mass is 9.80. The fourth-order valence-corrected chi connectivity index (χ4v) is 3.25. The molecule has 2 N–H and O–H groups in total. The minimum absolute atomic E-state index is 0.0984. The second-order valence-corrected chi connectivity index (χ2v) is 7.56. The number of nitrogens with one attached hydrogen (secondary N) is 2. The molecule has 1 aliphatic carbocycles. The van der Waals surface area contributed by atoms with Crippen LogP contribution in [0.1, 0.15) is 57.7 Å². The van der Waals surface area contributed by atoms with E-state index in [1.54, 1.807) is 6.20 Å². The highest BCUT2D eigenvalue weighted by Gasteiger charge is 2.29. The van der Waals surface area contributed by atoms with Gasteiger partial charge in [-0.2, -0.15) is 0 Å². The molecular formula is C19H29N3O2. The van der Waals surface area contributed by atoms with Crippen molar-refractivity contribution in [3.63, 3.8) is 0 Å². The molecule has 5 nitrogen and oxygen atoms in total. The summed E-state index contributed by atoms with van der Waals surface area (Å²) in [7, 11) is 0. The van der Waals surface area contributed by atoms with Crippen molar-refractivity contribution in [2.75, 3.05) is 6.54 Å². The van der Waals surface area contributed by atoms with Gasteiger partial charge in [0.25, 0.3) is 0 Å². The highest BCUT2D eigenvalue weighted by atomic mass is 16.2. The molecule has 0 unspecified atom stereocenters. The standard InChI is InChI=1S/C19H29N3O2/c1-13-7-6-10-20-17(13)19(3,4)12-21-18(24)16(22-14(2)23)11-15-8-5-9-15/h6-7,10,15-16H,5,8-9,11-12H2,1-4H3,(H,21,24)(H,22,23)/t16-/m1/s1. The Labute approximate surface area is 144 Å². The normalized spacial score (nSPS) is 16.2. The van der Waals surface area contributed by atoms with Gasteiger partial charge in [0.15, 0.2) is 0 Å². The van der Waals surface area contributed by atoms with Crippen molar-refractivity contribution in [1.82, 2.24) is 15.6 Å². The summed E-state index contributed by atoms with van der Waals surface area (Å²) in [5.74, 6) is 0.298. The lowest BCUT2D eigenvalue weighted by Crippen LogP contribution is -2.50. The van der Waals surface area contributed by atoms with Gasteiger partial charge in [0, 0.05) is 25.1 Å². The van der Waals surface area contributed by atoms with Gasteiger partial charge in [-0.3, -0.25) is 14.6 Å². The summed E-state index contributed by atoms with van der Waals surface area (Å²) in [6.45, 7) is 8.12. The Hall–Kier alpha value is -1.91. The first-order valence-electron chi connectivity index (χ1n) is 8.76. The number of rotatable bonds is 7. The van der Waals surface area contributed by atoms with Crippen molar-refractivity contribution in [2.24, 2.45) is 5.92 Å². The first kappa shape index (κ1) is 18.4. The van der Waals surface area contributed by atoms with Gasteiger partial charge in [-0.05, 0) is 30.9 Å². The van der Waals surface area contributed by atoms with E-state index in [4.69, 9.17) is 0 Å². The maximum Gasteiger partial charge on any atom is 0.242 e. The van der Waals surface area contributed by atoms with Crippen LogP contribution in [0.15, 0.2) is 18.3 Å². The van der Waals surface area contributed by atoms with Crippen LogP contribution in [0.2, 0.25) is 0 Å². The van der Waals surface area contributed by atoms with E-state index >= 15 is 0 Å². The van der Waals surface area contributed by atoms with Crippen LogP contribution in [0.3, 0.4) is 0 Å². The van der Waals surface area contributed by atoms with Gasteiger partial charge in [0.1, 0.15) is 6.04 Å². The van der Waals surface area contributed by atoms with E-state index in [2.05, 4.69) is 29.5 Å². The molecule has 2 amide bonds. The molecular weight excluding hydrogens is 302 g/mol. The summed E-state index contributed by atoms with van der Waals surface area (Å²) in [6, 6.07) is 3.51. The number of aryl methyl sites for hydroxylation is 1. The van der Waals surface area contributed by atoms with Crippen molar-refractivity contribution in [3.8, 4) is 0 Å². The summed E-state index contributed by atoms with van der Waals surface area (Å²) in [6.07, 6.45) is 6.05. The lowest BCUT2D eigenvalue weighted by Gasteiger charge is -2.31. The zero-order valence-electron chi connectivity index (χ0n) is 15.2. The number of hydrogen-bond acceptors (Lipinski definition) is 3. The fourth-order valence-electron chi connectivity index (χ4n) is 3.25. The van der Waals surface area contributed by atoms with E-state index < -0.39 is 6.04 Å². The van der Waals surface area contributed by atoms with Crippen molar-refractivity contribution >= 4 is 11.8 Å². The molecule has 1 fully saturated rings. The highest BCUT2D eigenvalue weighted by Crippen LogP contribution is 2.30. The molecule has 132 valence electrons. The number of nitrogens with zero attached hydrogens (tertiary/aromatic N) is 1. The molecule has 0 aliphatic heterocycles. The largest absolute Gasteiger partial charge is 0.353 e. The summed E-state index contributed by atoms with van der Waals surface area (Å²) in [4.78, 5) is 28.5. The molecule has 1 heterocycles. The zero-order valence-corrected chi connectivity index (χ0v) is 15.2. The van der Waals surface area contributed by atoms with E-state index in [0.717, 1.165) is 30.5 Å². The van der Waals surface area contributed by atoms with E-state index in [-0.39, 0.29) is 17.2 Å².